The van der Waals surface area contributed by atoms with Crippen molar-refractivity contribution < 1.29 is 34.3 Å². The second kappa shape index (κ2) is 14.1. The number of aliphatic carboxylic acids is 1. The molecule has 1 saturated heterocycles. The molecule has 0 saturated carbocycles. The lowest BCUT2D eigenvalue weighted by atomic mass is 9.98. The maximum absolute atomic E-state index is 13.1. The highest BCUT2D eigenvalue weighted by atomic mass is 35.5. The minimum Gasteiger partial charge on any atom is -0.569 e. The van der Waals surface area contributed by atoms with Crippen LogP contribution in [-0.2, 0) is 27.3 Å². The second-order valence-corrected chi connectivity index (χ2v) is 10.6. The van der Waals surface area contributed by atoms with E-state index in [1.54, 1.807) is 4.57 Å². The van der Waals surface area contributed by atoms with E-state index in [1.165, 1.54) is 0 Å². The number of tetrazole rings is 1. The number of carboxylic acids is 1. The van der Waals surface area contributed by atoms with Crippen molar-refractivity contribution in [2.75, 3.05) is 13.3 Å². The van der Waals surface area contributed by atoms with Crippen LogP contribution in [0.15, 0.2) is 53.8 Å². The number of hydrogen-bond acceptors (Lipinski definition) is 11. The zero-order chi connectivity index (χ0) is 31.9. The van der Waals surface area contributed by atoms with Crippen LogP contribution in [0, 0.1) is 5.21 Å². The zero-order valence-corrected chi connectivity index (χ0v) is 24.9. The molecule has 236 valence electrons. The summed E-state index contributed by atoms with van der Waals surface area (Å²) in [5.74, 6) is -1.07. The van der Waals surface area contributed by atoms with E-state index < -0.39 is 30.9 Å². The highest BCUT2D eigenvalue weighted by Gasteiger charge is 2.42. The standard InChI is InChI=1S/C28H30ClN9O7/c1-2-3-8-23-30-25(29)24(28(42)44-16-45-35-38(43)37-15-19(39)13-22(37)27(40)41)36(23)14-17-9-11-18(12-10-17)20-6-4-5-7-21(20)26-31-33-34-32-26/h4-7,9-12,19,22,39H,2-3,8,13-16H2,1H3,(H,40,41)(H,31,32,33,34)/b38-35+. The number of aliphatic hydroxyl groups is 1. The van der Waals surface area contributed by atoms with Gasteiger partial charge in [0.15, 0.2) is 16.9 Å². The molecule has 0 bridgehead atoms. The molecule has 3 heterocycles. The van der Waals surface area contributed by atoms with Gasteiger partial charge in [0.1, 0.15) is 12.4 Å². The van der Waals surface area contributed by atoms with Crippen molar-refractivity contribution in [3.05, 3.63) is 76.0 Å². The highest BCUT2D eigenvalue weighted by Crippen LogP contribution is 2.30. The Bertz CT molecular complexity index is 1660. The zero-order valence-electron chi connectivity index (χ0n) is 24.1. The predicted molar refractivity (Wildman–Crippen MR) is 156 cm³/mol. The van der Waals surface area contributed by atoms with Crippen molar-refractivity contribution in [2.24, 2.45) is 5.28 Å². The Morgan fingerprint density at radius 2 is 1.96 bits per heavy atom. The molecule has 1 fully saturated rings. The number of carbonyl (C=O) groups excluding carboxylic acids is 1. The lowest BCUT2D eigenvalue weighted by molar-refractivity contribution is -0.713. The molecular weight excluding hydrogens is 610 g/mol. The summed E-state index contributed by atoms with van der Waals surface area (Å²) < 4.78 is 6.85. The predicted octanol–water partition coefficient (Wildman–Crippen LogP) is 3.22. The number of carboxylic acid groups (broad SMARTS) is 1. The molecule has 45 heavy (non-hydrogen) atoms. The van der Waals surface area contributed by atoms with Gasteiger partial charge in [-0.1, -0.05) is 73.5 Å². The average Bonchev–Trinajstić information content (AvgIpc) is 3.78. The van der Waals surface area contributed by atoms with Gasteiger partial charge in [-0.15, -0.1) is 15.2 Å². The number of imidazole rings is 1. The van der Waals surface area contributed by atoms with Gasteiger partial charge in [0.05, 0.1) is 11.1 Å². The van der Waals surface area contributed by atoms with Crippen LogP contribution in [-0.4, -0.2) is 87.8 Å². The number of aryl methyl sites for hydroxylation is 1. The summed E-state index contributed by atoms with van der Waals surface area (Å²) in [5.41, 5.74) is 3.54. The number of esters is 1. The maximum Gasteiger partial charge on any atom is 0.361 e. The van der Waals surface area contributed by atoms with E-state index in [4.69, 9.17) is 21.2 Å². The number of rotatable bonds is 13. The number of nitrogens with zero attached hydrogens (tertiary/aromatic N) is 8. The largest absolute Gasteiger partial charge is 0.569 e. The molecule has 2 aromatic heterocycles. The first-order valence-corrected chi connectivity index (χ1v) is 14.5. The third-order valence-corrected chi connectivity index (χ3v) is 7.46. The lowest BCUT2D eigenvalue weighted by Crippen LogP contribution is -2.40. The topological polar surface area (TPSA) is 207 Å². The van der Waals surface area contributed by atoms with Gasteiger partial charge in [0.25, 0.3) is 6.79 Å². The molecular formula is C28H30ClN9O7. The third kappa shape index (κ3) is 7.18. The Hall–Kier alpha value is -5.09. The molecule has 2 atom stereocenters. The van der Waals surface area contributed by atoms with Crippen molar-refractivity contribution in [3.63, 3.8) is 0 Å². The number of hydrogen-bond donors (Lipinski definition) is 3. The third-order valence-electron chi connectivity index (χ3n) is 7.20. The molecule has 3 N–H and O–H groups in total. The molecule has 17 heteroatoms. The molecule has 2 aromatic carbocycles. The van der Waals surface area contributed by atoms with Crippen molar-refractivity contribution in [3.8, 4) is 22.5 Å². The number of nitrogens with one attached hydrogen (secondary N) is 1. The van der Waals surface area contributed by atoms with Crippen molar-refractivity contribution in [1.82, 2.24) is 35.2 Å². The number of aromatic amines is 1. The number of hydrazine groups is 1. The van der Waals surface area contributed by atoms with Crippen LogP contribution < -0.4 is 0 Å². The molecule has 0 amide bonds. The van der Waals surface area contributed by atoms with Crippen LogP contribution in [0.5, 0.6) is 0 Å². The van der Waals surface area contributed by atoms with Gasteiger partial charge >= 0.3 is 11.9 Å². The van der Waals surface area contributed by atoms with Crippen molar-refractivity contribution in [1.29, 1.82) is 0 Å². The Kier molecular flexibility index (Phi) is 9.84. The number of halogens is 1. The van der Waals surface area contributed by atoms with Crippen LogP contribution in [0.25, 0.3) is 22.5 Å². The number of carbonyl (C=O) groups is 2. The van der Waals surface area contributed by atoms with Crippen molar-refractivity contribution in [2.45, 2.75) is 51.3 Å². The highest BCUT2D eigenvalue weighted by molar-refractivity contribution is 6.32. The molecule has 0 radical (unpaired) electrons. The summed E-state index contributed by atoms with van der Waals surface area (Å²) in [6.07, 6.45) is 1.14. The fourth-order valence-electron chi connectivity index (χ4n) is 5.02. The van der Waals surface area contributed by atoms with Gasteiger partial charge in [-0.3, -0.25) is 0 Å². The van der Waals surface area contributed by atoms with Gasteiger partial charge in [-0.2, -0.15) is 5.21 Å². The SMILES string of the molecule is CCCCc1nc(Cl)c(C(=O)OCO/N=[N+](/[O-])N2CC(O)CC2C(=O)O)n1Cc1ccc(-c2ccccc2-c2nn[nH]n2)cc1. The Balaban J connectivity index is 1.30. The fourth-order valence-corrected chi connectivity index (χ4v) is 5.29. The van der Waals surface area contributed by atoms with Crippen LogP contribution in [0.4, 0.5) is 0 Å². The van der Waals surface area contributed by atoms with E-state index in [1.807, 2.05) is 55.5 Å². The Morgan fingerprint density at radius 1 is 1.20 bits per heavy atom. The number of aromatic nitrogens is 6. The minimum atomic E-state index is -1.29. The Morgan fingerprint density at radius 3 is 2.64 bits per heavy atom. The van der Waals surface area contributed by atoms with E-state index in [9.17, 15) is 25.0 Å². The van der Waals surface area contributed by atoms with E-state index in [2.05, 4.69) is 30.9 Å². The smallest absolute Gasteiger partial charge is 0.361 e. The number of aliphatic hydroxyl groups excluding tert-OH is 1. The summed E-state index contributed by atoms with van der Waals surface area (Å²) >= 11 is 6.41. The number of unbranched alkanes of at least 4 members (excludes halogenated alkanes) is 1. The van der Waals surface area contributed by atoms with E-state index >= 15 is 0 Å². The summed E-state index contributed by atoms with van der Waals surface area (Å²) in [4.78, 5) is 33.6. The first-order chi connectivity index (χ1) is 21.8. The van der Waals surface area contributed by atoms with Crippen LogP contribution >= 0.6 is 11.6 Å². The molecule has 1 aliphatic rings. The molecule has 1 aliphatic heterocycles. The van der Waals surface area contributed by atoms with Gasteiger partial charge < -0.3 is 29.6 Å². The van der Waals surface area contributed by atoms with E-state index in [-0.39, 0.29) is 35.3 Å². The van der Waals surface area contributed by atoms with Gasteiger partial charge in [0, 0.05) is 24.9 Å². The molecule has 0 spiro atoms. The van der Waals surface area contributed by atoms with Crippen LogP contribution in [0.3, 0.4) is 0 Å². The van der Waals surface area contributed by atoms with Crippen LogP contribution in [0.2, 0.25) is 5.15 Å². The first kappa shape index (κ1) is 31.3. The average molecular weight is 640 g/mol. The monoisotopic (exact) mass is 639 g/mol. The lowest BCUT2D eigenvalue weighted by Gasteiger charge is -2.16. The number of benzene rings is 2. The quantitative estimate of drug-likeness (QED) is 0.0481. The number of H-pyrrole nitrogens is 1. The maximum atomic E-state index is 13.1. The number of β-amino-alcohol motifs (C(OH)–C–C–N with tert-alkyl or cyclic N) is 1. The minimum absolute atomic E-state index is 0.00508. The van der Waals surface area contributed by atoms with E-state index in [0.29, 0.717) is 18.1 Å². The summed E-state index contributed by atoms with van der Waals surface area (Å²) in [6, 6.07) is 14.2. The molecule has 5 rings (SSSR count). The molecule has 4 aromatic rings. The van der Waals surface area contributed by atoms with Crippen molar-refractivity contribution >= 4 is 23.5 Å². The van der Waals surface area contributed by atoms with Gasteiger partial charge in [0.2, 0.25) is 11.1 Å². The normalized spacial score (nSPS) is 16.6. The van der Waals surface area contributed by atoms with E-state index in [0.717, 1.165) is 40.1 Å². The first-order valence-electron chi connectivity index (χ1n) is 14.1. The summed E-state index contributed by atoms with van der Waals surface area (Å²) in [5, 5.41) is 49.5. The molecule has 2 unspecified atom stereocenters. The molecule has 0 aliphatic carbocycles. The Labute approximate surface area is 261 Å². The number of ether oxygens (including phenoxy) is 1. The van der Waals surface area contributed by atoms with Gasteiger partial charge in [-0.05, 0) is 28.3 Å². The fraction of sp³-hybridized carbons (Fsp3) is 0.357. The van der Waals surface area contributed by atoms with Crippen LogP contribution in [0.1, 0.15) is 48.1 Å². The molecule has 16 nitrogen and oxygen atoms in total. The summed E-state index contributed by atoms with van der Waals surface area (Å²) in [7, 11) is 0. The summed E-state index contributed by atoms with van der Waals surface area (Å²) in [6.45, 7) is 1.31. The second-order valence-electron chi connectivity index (χ2n) is 10.2. The van der Waals surface area contributed by atoms with Gasteiger partial charge in [-0.25, -0.2) is 14.6 Å².